The van der Waals surface area contributed by atoms with Crippen LogP contribution in [0.15, 0.2) is 51.3 Å². The summed E-state index contributed by atoms with van der Waals surface area (Å²) in [7, 11) is 1.65. The summed E-state index contributed by atoms with van der Waals surface area (Å²) < 4.78 is 11.4. The van der Waals surface area contributed by atoms with Gasteiger partial charge < -0.3 is 9.47 Å². The number of hydrogen-bond donors (Lipinski definition) is 1. The summed E-state index contributed by atoms with van der Waals surface area (Å²) in [6, 6.07) is 12.3. The quantitative estimate of drug-likeness (QED) is 0.726. The molecule has 0 radical (unpaired) electrons. The zero-order valence-electron chi connectivity index (χ0n) is 14.7. The van der Waals surface area contributed by atoms with E-state index in [1.807, 2.05) is 12.1 Å². The molecule has 24 heavy (non-hydrogen) atoms. The van der Waals surface area contributed by atoms with Crippen LogP contribution in [0.4, 0.5) is 5.69 Å². The van der Waals surface area contributed by atoms with Crippen LogP contribution in [0.5, 0.6) is 11.5 Å². The van der Waals surface area contributed by atoms with Crippen molar-refractivity contribution in [3.05, 3.63) is 42.0 Å². The molecular formula is C19H25N2O2S+. The largest absolute Gasteiger partial charge is 0.495 e. The molecule has 0 aromatic heterocycles. The van der Waals surface area contributed by atoms with Crippen LogP contribution in [0.25, 0.3) is 0 Å². The monoisotopic (exact) mass is 345 g/mol. The minimum Gasteiger partial charge on any atom is -0.495 e. The molecule has 2 aromatic carbocycles. The van der Waals surface area contributed by atoms with Gasteiger partial charge in [0.05, 0.1) is 18.6 Å². The lowest BCUT2D eigenvalue weighted by Gasteiger charge is -2.14. The van der Waals surface area contributed by atoms with Gasteiger partial charge in [-0.3, -0.25) is 0 Å². The molecule has 0 amide bonds. The van der Waals surface area contributed by atoms with E-state index in [9.17, 15) is 0 Å². The predicted octanol–water partition coefficient (Wildman–Crippen LogP) is 4.29. The fourth-order valence-corrected chi connectivity index (χ4v) is 3.10. The highest BCUT2D eigenvalue weighted by molar-refractivity contribution is 7.99. The number of benzene rings is 2. The van der Waals surface area contributed by atoms with Crippen molar-refractivity contribution in [1.82, 2.24) is 0 Å². The zero-order valence-corrected chi connectivity index (χ0v) is 15.5. The third kappa shape index (κ3) is 4.74. The normalized spacial score (nSPS) is 10.7. The van der Waals surface area contributed by atoms with Crippen molar-refractivity contribution in [3.8, 4) is 11.5 Å². The van der Waals surface area contributed by atoms with Gasteiger partial charge in [0.15, 0.2) is 11.4 Å². The van der Waals surface area contributed by atoms with Gasteiger partial charge in [0, 0.05) is 17.0 Å². The summed E-state index contributed by atoms with van der Waals surface area (Å²) in [5, 5.41) is 3.81. The molecule has 5 heteroatoms. The Morgan fingerprint density at radius 2 is 1.83 bits per heavy atom. The second kappa shape index (κ2) is 8.73. The fraction of sp³-hybridized carbons (Fsp3) is 0.368. The van der Waals surface area contributed by atoms with Gasteiger partial charge >= 0.3 is 0 Å². The smallest absolute Gasteiger partial charge is 0.175 e. The molecule has 0 saturated heterocycles. The first-order chi connectivity index (χ1) is 11.6. The minimum atomic E-state index is 0.426. The van der Waals surface area contributed by atoms with Gasteiger partial charge in [-0.15, -0.1) is 0 Å². The Labute approximate surface area is 148 Å². The Balaban J connectivity index is 2.31. The van der Waals surface area contributed by atoms with Crippen molar-refractivity contribution < 1.29 is 15.0 Å². The highest BCUT2D eigenvalue weighted by Gasteiger charge is 2.14. The van der Waals surface area contributed by atoms with Crippen molar-refractivity contribution in [2.75, 3.05) is 13.7 Å². The molecule has 0 atom stereocenters. The van der Waals surface area contributed by atoms with Crippen LogP contribution in [-0.2, 0) is 6.42 Å². The molecule has 0 fully saturated rings. The van der Waals surface area contributed by atoms with Crippen LogP contribution in [-0.4, -0.2) is 13.7 Å². The summed E-state index contributed by atoms with van der Waals surface area (Å²) in [5.41, 5.74) is 7.42. The minimum absolute atomic E-state index is 0.426. The Hall–Kier alpha value is -2.01. The zero-order chi connectivity index (χ0) is 17.5. The lowest BCUT2D eigenvalue weighted by atomic mass is 10.2. The van der Waals surface area contributed by atoms with E-state index in [0.717, 1.165) is 22.0 Å². The van der Waals surface area contributed by atoms with Crippen LogP contribution in [0.1, 0.15) is 26.3 Å². The van der Waals surface area contributed by atoms with Crippen molar-refractivity contribution in [2.24, 2.45) is 11.0 Å². The Kier molecular flexibility index (Phi) is 6.67. The van der Waals surface area contributed by atoms with E-state index in [0.29, 0.717) is 24.0 Å². The number of nitrogens with zero attached hydrogens (tertiary/aromatic N) is 1. The molecule has 2 N–H and O–H groups in total. The van der Waals surface area contributed by atoms with Crippen LogP contribution < -0.4 is 15.0 Å². The number of aryl methyl sites for hydroxylation is 1. The number of ether oxygens (including phenoxy) is 2. The predicted molar refractivity (Wildman–Crippen MR) is 97.3 cm³/mol. The van der Waals surface area contributed by atoms with Gasteiger partial charge in [-0.2, -0.15) is 5.53 Å². The molecule has 0 aliphatic rings. The van der Waals surface area contributed by atoms with Gasteiger partial charge in [0.2, 0.25) is 0 Å². The summed E-state index contributed by atoms with van der Waals surface area (Å²) in [5.74, 6) is 1.84. The van der Waals surface area contributed by atoms with Crippen molar-refractivity contribution in [3.63, 3.8) is 0 Å². The molecule has 0 aliphatic carbocycles. The number of nitrogens with two attached hydrogens (primary N) is 1. The van der Waals surface area contributed by atoms with Gasteiger partial charge in [-0.1, -0.05) is 44.7 Å². The Morgan fingerprint density at radius 3 is 2.38 bits per heavy atom. The van der Waals surface area contributed by atoms with E-state index in [2.05, 4.69) is 50.2 Å². The third-order valence-corrected chi connectivity index (χ3v) is 4.56. The lowest BCUT2D eigenvalue weighted by molar-refractivity contribution is -0.210. The first kappa shape index (κ1) is 18.3. The summed E-state index contributed by atoms with van der Waals surface area (Å²) in [6.07, 6.45) is 1.04. The molecule has 0 bridgehead atoms. The van der Waals surface area contributed by atoms with Gasteiger partial charge in [-0.05, 0) is 35.1 Å². The molecule has 0 saturated carbocycles. The first-order valence-corrected chi connectivity index (χ1v) is 8.91. The van der Waals surface area contributed by atoms with E-state index < -0.39 is 0 Å². The fourth-order valence-electron chi connectivity index (χ4n) is 2.16. The lowest BCUT2D eigenvalue weighted by Crippen LogP contribution is -2.22. The van der Waals surface area contributed by atoms with E-state index >= 15 is 0 Å². The molecule has 0 unspecified atom stereocenters. The Morgan fingerprint density at radius 1 is 1.12 bits per heavy atom. The first-order valence-electron chi connectivity index (χ1n) is 8.09. The maximum Gasteiger partial charge on any atom is 0.175 e. The van der Waals surface area contributed by atoms with Gasteiger partial charge in [-0.25, -0.2) is 0 Å². The van der Waals surface area contributed by atoms with Crippen molar-refractivity contribution in [1.29, 1.82) is 0 Å². The summed E-state index contributed by atoms with van der Waals surface area (Å²) >= 11 is 1.64. The average molecular weight is 345 g/mol. The van der Waals surface area contributed by atoms with Crippen LogP contribution >= 0.6 is 11.8 Å². The highest BCUT2D eigenvalue weighted by atomic mass is 32.2. The molecule has 128 valence electrons. The van der Waals surface area contributed by atoms with Crippen LogP contribution in [0, 0.1) is 5.92 Å². The van der Waals surface area contributed by atoms with Crippen molar-refractivity contribution >= 4 is 17.4 Å². The molecule has 0 heterocycles. The topological polar surface area (TPSA) is 56.4 Å². The van der Waals surface area contributed by atoms with Crippen LogP contribution in [0.2, 0.25) is 0 Å². The summed E-state index contributed by atoms with van der Waals surface area (Å²) in [4.78, 5) is 2.13. The summed E-state index contributed by atoms with van der Waals surface area (Å²) in [6.45, 7) is 6.98. The maximum absolute atomic E-state index is 5.86. The number of methoxy groups -OCH3 is 1. The van der Waals surface area contributed by atoms with Gasteiger partial charge in [0.1, 0.15) is 5.75 Å². The standard InChI is InChI=1S/C19H24N2O2S/c1-5-14-6-8-15(9-7-14)24-19-11-17(23-12-13(2)3)16(21-20)10-18(19)22-4/h6-11,13,20H,5,12H2,1-4H3/p+1. The SMILES string of the molecule is CCc1ccc(Sc2cc(OCC(C)C)c(N=[NH2+])cc2OC)cc1. The maximum atomic E-state index is 5.86. The number of hydrogen-bond acceptors (Lipinski definition) is 4. The Bertz CT molecular complexity index is 685. The van der Waals surface area contributed by atoms with E-state index in [4.69, 9.17) is 15.0 Å². The number of rotatable bonds is 8. The molecule has 0 spiro atoms. The third-order valence-electron chi connectivity index (χ3n) is 3.52. The van der Waals surface area contributed by atoms with Gasteiger partial charge in [0.25, 0.3) is 0 Å². The molecule has 0 aliphatic heterocycles. The average Bonchev–Trinajstić information content (AvgIpc) is 2.60. The highest BCUT2D eigenvalue weighted by Crippen LogP contribution is 2.42. The van der Waals surface area contributed by atoms with E-state index in [-0.39, 0.29) is 0 Å². The van der Waals surface area contributed by atoms with E-state index in [1.165, 1.54) is 5.56 Å². The van der Waals surface area contributed by atoms with E-state index in [1.54, 1.807) is 18.9 Å². The second-order valence-corrected chi connectivity index (χ2v) is 7.02. The molecule has 2 aromatic rings. The second-order valence-electron chi connectivity index (χ2n) is 5.90. The van der Waals surface area contributed by atoms with Crippen LogP contribution in [0.3, 0.4) is 0 Å². The molecule has 2 rings (SSSR count). The van der Waals surface area contributed by atoms with Crippen molar-refractivity contribution in [2.45, 2.75) is 37.0 Å². The molecular weight excluding hydrogens is 320 g/mol. The molecule has 4 nitrogen and oxygen atoms in total.